The van der Waals surface area contributed by atoms with Gasteiger partial charge in [0.15, 0.2) is 4.33 Å². The minimum Gasteiger partial charge on any atom is -0.374 e. The fourth-order valence-electron chi connectivity index (χ4n) is 4.50. The zero-order valence-electron chi connectivity index (χ0n) is 18.8. The van der Waals surface area contributed by atoms with Gasteiger partial charge < -0.3 is 18.9 Å². The highest BCUT2D eigenvalue weighted by atomic mass is 35.5. The molecule has 2 fully saturated rings. The summed E-state index contributed by atoms with van der Waals surface area (Å²) in [4.78, 5) is 0. The quantitative estimate of drug-likeness (QED) is 0.324. The number of hydrogen-bond acceptors (Lipinski definition) is 4. The third kappa shape index (κ3) is 5.49. The largest absolute Gasteiger partial charge is 0.374 e. The van der Waals surface area contributed by atoms with Crippen molar-refractivity contribution >= 4 is 23.2 Å². The highest BCUT2D eigenvalue weighted by Crippen LogP contribution is 2.61. The lowest BCUT2D eigenvalue weighted by molar-refractivity contribution is -0.201. The van der Waals surface area contributed by atoms with Crippen LogP contribution < -0.4 is 0 Å². The third-order valence-electron chi connectivity index (χ3n) is 6.37. The summed E-state index contributed by atoms with van der Waals surface area (Å²) in [5, 5.41) is 0. The van der Waals surface area contributed by atoms with Crippen LogP contribution in [0.4, 0.5) is 0 Å². The fraction of sp³-hybridized carbons (Fsp3) is 0.357. The molecule has 3 aromatic rings. The first-order valence-electron chi connectivity index (χ1n) is 11.6. The summed E-state index contributed by atoms with van der Waals surface area (Å²) < 4.78 is 24.2. The van der Waals surface area contributed by atoms with Gasteiger partial charge in [-0.25, -0.2) is 0 Å². The molecule has 4 nitrogen and oxygen atoms in total. The molecule has 5 atom stereocenters. The van der Waals surface area contributed by atoms with Crippen molar-refractivity contribution in [1.29, 1.82) is 0 Å². The van der Waals surface area contributed by atoms with Crippen molar-refractivity contribution < 1.29 is 18.9 Å². The molecule has 2 aliphatic rings. The number of fused-ring (bicyclic) bond motifs is 1. The number of ether oxygens (including phenoxy) is 4. The minimum absolute atomic E-state index is 0.161. The maximum atomic E-state index is 6.63. The standard InChI is InChI=1S/C28H28Cl2O4/c29-28(30)24-26(33-18-22-14-8-3-9-15-22)25(32-17-21-12-6-2-7-13-21)23(34-27(24)28)19-31-16-20-10-4-1-5-11-20/h1-15,23-27H,16-19H2/t23-,24-,25+,26-,27+/m1/s1. The molecule has 6 heteroatoms. The number of alkyl halides is 2. The summed E-state index contributed by atoms with van der Waals surface area (Å²) in [6.07, 6.45) is -1.35. The van der Waals surface area contributed by atoms with Gasteiger partial charge in [-0.3, -0.25) is 0 Å². The predicted molar refractivity (Wildman–Crippen MR) is 133 cm³/mol. The Kier molecular flexibility index (Phi) is 7.55. The van der Waals surface area contributed by atoms with Crippen LogP contribution in [0.25, 0.3) is 0 Å². The van der Waals surface area contributed by atoms with Crippen molar-refractivity contribution in [2.45, 2.75) is 48.6 Å². The summed E-state index contributed by atoms with van der Waals surface area (Å²) in [7, 11) is 0. The smallest absolute Gasteiger partial charge is 0.152 e. The van der Waals surface area contributed by atoms with Gasteiger partial charge in [0.1, 0.15) is 12.2 Å². The van der Waals surface area contributed by atoms with E-state index in [4.69, 9.17) is 42.1 Å². The van der Waals surface area contributed by atoms with Crippen LogP contribution in [-0.2, 0) is 38.8 Å². The highest BCUT2D eigenvalue weighted by molar-refractivity contribution is 6.51. The molecule has 0 bridgehead atoms. The Bertz CT molecular complexity index is 1030. The Labute approximate surface area is 210 Å². The zero-order chi connectivity index (χ0) is 23.4. The number of rotatable bonds is 10. The molecule has 1 saturated heterocycles. The van der Waals surface area contributed by atoms with Gasteiger partial charge in [0.05, 0.1) is 44.6 Å². The molecule has 1 saturated carbocycles. The van der Waals surface area contributed by atoms with Gasteiger partial charge >= 0.3 is 0 Å². The van der Waals surface area contributed by atoms with Gasteiger partial charge in [-0.2, -0.15) is 0 Å². The van der Waals surface area contributed by atoms with Crippen LogP contribution in [-0.4, -0.2) is 35.4 Å². The number of hydrogen-bond donors (Lipinski definition) is 0. The van der Waals surface area contributed by atoms with E-state index >= 15 is 0 Å². The molecule has 0 amide bonds. The van der Waals surface area contributed by atoms with Crippen LogP contribution in [0.2, 0.25) is 0 Å². The van der Waals surface area contributed by atoms with Crippen LogP contribution in [0.5, 0.6) is 0 Å². The van der Waals surface area contributed by atoms with Gasteiger partial charge in [0, 0.05) is 0 Å². The molecule has 0 unspecified atom stereocenters. The molecule has 0 spiro atoms. The van der Waals surface area contributed by atoms with Gasteiger partial charge in [-0.05, 0) is 16.7 Å². The topological polar surface area (TPSA) is 36.9 Å². The fourth-order valence-corrected chi connectivity index (χ4v) is 5.23. The van der Waals surface area contributed by atoms with E-state index in [1.165, 1.54) is 0 Å². The van der Waals surface area contributed by atoms with E-state index in [0.29, 0.717) is 26.4 Å². The van der Waals surface area contributed by atoms with Crippen molar-refractivity contribution in [2.24, 2.45) is 5.92 Å². The van der Waals surface area contributed by atoms with E-state index in [1.54, 1.807) is 0 Å². The maximum Gasteiger partial charge on any atom is 0.152 e. The first kappa shape index (κ1) is 23.8. The SMILES string of the molecule is ClC1(Cl)[C@@H]2[C@@H](OCc3ccccc3)[C@@H](OCc3ccccc3)[C@@H](COCc3ccccc3)O[C@@H]21. The van der Waals surface area contributed by atoms with E-state index in [2.05, 4.69) is 0 Å². The van der Waals surface area contributed by atoms with Crippen LogP contribution in [0.1, 0.15) is 16.7 Å². The highest BCUT2D eigenvalue weighted by Gasteiger charge is 2.73. The first-order valence-corrected chi connectivity index (χ1v) is 12.3. The van der Waals surface area contributed by atoms with Crippen LogP contribution in [0.15, 0.2) is 91.0 Å². The Hall–Kier alpha value is -1.92. The molecule has 3 aromatic carbocycles. The average molecular weight is 499 g/mol. The lowest BCUT2D eigenvalue weighted by Crippen LogP contribution is -2.50. The minimum atomic E-state index is -0.996. The van der Waals surface area contributed by atoms with Crippen molar-refractivity contribution in [3.63, 3.8) is 0 Å². The normalized spacial score (nSPS) is 27.2. The lowest BCUT2D eigenvalue weighted by Gasteiger charge is -2.37. The molecule has 34 heavy (non-hydrogen) atoms. The van der Waals surface area contributed by atoms with Crippen molar-refractivity contribution in [3.05, 3.63) is 108 Å². The third-order valence-corrected chi connectivity index (χ3v) is 7.30. The summed E-state index contributed by atoms with van der Waals surface area (Å²) in [6, 6.07) is 30.2. The Balaban J connectivity index is 1.32. The van der Waals surface area contributed by atoms with Crippen molar-refractivity contribution in [1.82, 2.24) is 0 Å². The summed E-state index contributed by atoms with van der Waals surface area (Å²) >= 11 is 13.3. The molecular formula is C28H28Cl2O4. The second-order valence-electron chi connectivity index (χ2n) is 8.82. The lowest BCUT2D eigenvalue weighted by atomic mass is 10.0. The van der Waals surface area contributed by atoms with E-state index in [1.807, 2.05) is 91.0 Å². The molecule has 0 N–H and O–H groups in total. The Morgan fingerprint density at radius 2 is 1.12 bits per heavy atom. The maximum absolute atomic E-state index is 6.63. The van der Waals surface area contributed by atoms with Crippen LogP contribution >= 0.6 is 23.2 Å². The molecule has 1 aliphatic heterocycles. The monoisotopic (exact) mass is 498 g/mol. The van der Waals surface area contributed by atoms with Crippen LogP contribution in [0.3, 0.4) is 0 Å². The van der Waals surface area contributed by atoms with E-state index < -0.39 is 4.33 Å². The first-order chi connectivity index (χ1) is 16.6. The van der Waals surface area contributed by atoms with Gasteiger partial charge in [0.2, 0.25) is 0 Å². The van der Waals surface area contributed by atoms with Gasteiger partial charge in [0.25, 0.3) is 0 Å². The summed E-state index contributed by atoms with van der Waals surface area (Å²) in [5.41, 5.74) is 3.26. The van der Waals surface area contributed by atoms with Crippen LogP contribution in [0, 0.1) is 5.92 Å². The summed E-state index contributed by atoms with van der Waals surface area (Å²) in [5.74, 6) is -0.161. The number of benzene rings is 3. The second-order valence-corrected chi connectivity index (χ2v) is 10.3. The van der Waals surface area contributed by atoms with Crippen molar-refractivity contribution in [3.8, 4) is 0 Å². The molecular weight excluding hydrogens is 471 g/mol. The molecule has 1 heterocycles. The van der Waals surface area contributed by atoms with E-state index in [-0.39, 0.29) is 30.3 Å². The summed E-state index contributed by atoms with van der Waals surface area (Å²) in [6.45, 7) is 1.72. The molecule has 0 radical (unpaired) electrons. The average Bonchev–Trinajstić information content (AvgIpc) is 3.43. The van der Waals surface area contributed by atoms with Gasteiger partial charge in [-0.1, -0.05) is 114 Å². The molecule has 1 aliphatic carbocycles. The van der Waals surface area contributed by atoms with E-state index in [0.717, 1.165) is 16.7 Å². The van der Waals surface area contributed by atoms with Crippen molar-refractivity contribution in [2.75, 3.05) is 6.61 Å². The van der Waals surface area contributed by atoms with Gasteiger partial charge in [-0.15, -0.1) is 0 Å². The molecule has 178 valence electrons. The Morgan fingerprint density at radius 1 is 0.647 bits per heavy atom. The predicted octanol–water partition coefficient (Wildman–Crippen LogP) is 5.95. The second kappa shape index (κ2) is 10.8. The molecule has 0 aromatic heterocycles. The molecule has 5 rings (SSSR count). The Morgan fingerprint density at radius 3 is 1.65 bits per heavy atom. The number of halogens is 2. The van der Waals surface area contributed by atoms with E-state index in [9.17, 15) is 0 Å². The zero-order valence-corrected chi connectivity index (χ0v) is 20.3.